The summed E-state index contributed by atoms with van der Waals surface area (Å²) in [6.07, 6.45) is 9.59. The summed E-state index contributed by atoms with van der Waals surface area (Å²) in [4.78, 5) is 2.48. The summed E-state index contributed by atoms with van der Waals surface area (Å²) >= 11 is 0. The van der Waals surface area contributed by atoms with Crippen LogP contribution in [0.3, 0.4) is 0 Å². The molecular weight excluding hydrogens is 248 g/mol. The van der Waals surface area contributed by atoms with Gasteiger partial charge in [-0.15, -0.1) is 0 Å². The molecule has 1 N–H and O–H groups in total. The van der Waals surface area contributed by atoms with E-state index < -0.39 is 0 Å². The first-order valence-corrected chi connectivity index (χ1v) is 8.24. The molecule has 2 aliphatic carbocycles. The lowest BCUT2D eigenvalue weighted by Gasteiger charge is -2.30. The van der Waals surface area contributed by atoms with Crippen LogP contribution in [0.4, 0.5) is 0 Å². The first kappa shape index (κ1) is 14.2. The Bertz CT molecular complexity index is 430. The van der Waals surface area contributed by atoms with Crippen molar-refractivity contribution in [3.8, 4) is 0 Å². The molecule has 0 bridgehead atoms. The molecule has 2 saturated carbocycles. The van der Waals surface area contributed by atoms with Gasteiger partial charge in [0.2, 0.25) is 0 Å². The number of hydrogen-bond donors (Lipinski definition) is 1. The van der Waals surface area contributed by atoms with Crippen molar-refractivity contribution in [3.63, 3.8) is 0 Å². The van der Waals surface area contributed by atoms with Gasteiger partial charge in [-0.1, -0.05) is 19.3 Å². The van der Waals surface area contributed by atoms with E-state index in [1.165, 1.54) is 50.5 Å². The third-order valence-electron chi connectivity index (χ3n) is 4.83. The molecule has 0 spiro atoms. The van der Waals surface area contributed by atoms with Crippen molar-refractivity contribution in [2.45, 2.75) is 77.0 Å². The molecule has 112 valence electrons. The van der Waals surface area contributed by atoms with Crippen LogP contribution in [0.5, 0.6) is 0 Å². The first-order valence-electron chi connectivity index (χ1n) is 8.24. The summed E-state index contributed by atoms with van der Waals surface area (Å²) < 4.78 is 5.95. The van der Waals surface area contributed by atoms with Gasteiger partial charge in [-0.3, -0.25) is 4.90 Å². The van der Waals surface area contributed by atoms with Gasteiger partial charge in [0.25, 0.3) is 0 Å². The Morgan fingerprint density at radius 1 is 1.20 bits per heavy atom. The van der Waals surface area contributed by atoms with Crippen LogP contribution >= 0.6 is 0 Å². The number of hydrogen-bond acceptors (Lipinski definition) is 3. The molecule has 2 fully saturated rings. The lowest BCUT2D eigenvalue weighted by Crippen LogP contribution is -2.32. The minimum Gasteiger partial charge on any atom is -0.465 e. The van der Waals surface area contributed by atoms with E-state index in [4.69, 9.17) is 4.42 Å². The maximum atomic E-state index is 5.95. The van der Waals surface area contributed by atoms with Crippen LogP contribution in [0.25, 0.3) is 0 Å². The van der Waals surface area contributed by atoms with Crippen molar-refractivity contribution in [1.29, 1.82) is 0 Å². The summed E-state index contributed by atoms with van der Waals surface area (Å²) in [7, 11) is 2.25. The van der Waals surface area contributed by atoms with Crippen LogP contribution in [0, 0.1) is 6.92 Å². The summed E-state index contributed by atoms with van der Waals surface area (Å²) in [5.41, 5.74) is 1.34. The van der Waals surface area contributed by atoms with Crippen molar-refractivity contribution in [1.82, 2.24) is 10.2 Å². The van der Waals surface area contributed by atoms with Crippen molar-refractivity contribution in [2.24, 2.45) is 0 Å². The van der Waals surface area contributed by atoms with E-state index in [0.29, 0.717) is 0 Å². The minimum absolute atomic E-state index is 0.752. The van der Waals surface area contributed by atoms with Gasteiger partial charge in [0.15, 0.2) is 0 Å². The summed E-state index contributed by atoms with van der Waals surface area (Å²) in [6.45, 7) is 4.01. The van der Waals surface area contributed by atoms with E-state index in [2.05, 4.69) is 30.3 Å². The molecule has 0 amide bonds. The predicted molar refractivity (Wildman–Crippen MR) is 81.6 cm³/mol. The Kier molecular flexibility index (Phi) is 4.47. The second-order valence-electron chi connectivity index (χ2n) is 6.66. The molecule has 3 rings (SSSR count). The van der Waals surface area contributed by atoms with Gasteiger partial charge >= 0.3 is 0 Å². The van der Waals surface area contributed by atoms with Crippen LogP contribution in [0.2, 0.25) is 0 Å². The number of rotatable bonds is 6. The molecule has 0 atom stereocenters. The SMILES string of the molecule is Cc1oc(CN(C)C2CCCCC2)cc1CNC1CC1. The Morgan fingerprint density at radius 3 is 2.65 bits per heavy atom. The van der Waals surface area contributed by atoms with E-state index in [-0.39, 0.29) is 0 Å². The molecule has 1 aromatic rings. The second-order valence-corrected chi connectivity index (χ2v) is 6.66. The third kappa shape index (κ3) is 3.64. The normalized spacial score (nSPS) is 20.8. The maximum absolute atomic E-state index is 5.95. The van der Waals surface area contributed by atoms with E-state index in [9.17, 15) is 0 Å². The van der Waals surface area contributed by atoms with Crippen LogP contribution < -0.4 is 5.32 Å². The van der Waals surface area contributed by atoms with Gasteiger partial charge in [0.1, 0.15) is 11.5 Å². The highest BCUT2D eigenvalue weighted by atomic mass is 16.3. The van der Waals surface area contributed by atoms with Gasteiger partial charge in [0.05, 0.1) is 6.54 Å². The van der Waals surface area contributed by atoms with Crippen molar-refractivity contribution in [2.75, 3.05) is 7.05 Å². The zero-order chi connectivity index (χ0) is 13.9. The third-order valence-corrected chi connectivity index (χ3v) is 4.83. The van der Waals surface area contributed by atoms with Gasteiger partial charge in [-0.2, -0.15) is 0 Å². The van der Waals surface area contributed by atoms with E-state index in [0.717, 1.165) is 36.7 Å². The molecule has 20 heavy (non-hydrogen) atoms. The predicted octanol–water partition coefficient (Wildman–Crippen LogP) is 3.60. The minimum atomic E-state index is 0.752. The fourth-order valence-electron chi connectivity index (χ4n) is 3.28. The van der Waals surface area contributed by atoms with Gasteiger partial charge in [-0.05, 0) is 45.7 Å². The molecule has 0 saturated heterocycles. The van der Waals surface area contributed by atoms with Crippen LogP contribution in [0.1, 0.15) is 62.0 Å². The highest BCUT2D eigenvalue weighted by Gasteiger charge is 2.22. The average molecular weight is 276 g/mol. The lowest BCUT2D eigenvalue weighted by atomic mass is 9.94. The zero-order valence-corrected chi connectivity index (χ0v) is 13.0. The topological polar surface area (TPSA) is 28.4 Å². The molecule has 3 heteroatoms. The lowest BCUT2D eigenvalue weighted by molar-refractivity contribution is 0.172. The number of nitrogens with one attached hydrogen (secondary N) is 1. The molecule has 0 aromatic carbocycles. The highest BCUT2D eigenvalue weighted by Crippen LogP contribution is 2.25. The van der Waals surface area contributed by atoms with Crippen LogP contribution in [0.15, 0.2) is 10.5 Å². The number of aryl methyl sites for hydroxylation is 1. The van der Waals surface area contributed by atoms with Gasteiger partial charge in [-0.25, -0.2) is 0 Å². The quantitative estimate of drug-likeness (QED) is 0.860. The molecule has 1 heterocycles. The Hall–Kier alpha value is -0.800. The summed E-state index contributed by atoms with van der Waals surface area (Å²) in [5, 5.41) is 3.57. The Morgan fingerprint density at radius 2 is 1.95 bits per heavy atom. The molecular formula is C17H28N2O. The largest absolute Gasteiger partial charge is 0.465 e. The highest BCUT2D eigenvalue weighted by molar-refractivity contribution is 5.21. The smallest absolute Gasteiger partial charge is 0.118 e. The van der Waals surface area contributed by atoms with E-state index in [1.54, 1.807) is 0 Å². The van der Waals surface area contributed by atoms with Crippen molar-refractivity contribution >= 4 is 0 Å². The van der Waals surface area contributed by atoms with Crippen molar-refractivity contribution in [3.05, 3.63) is 23.2 Å². The molecule has 2 aliphatic rings. The molecule has 1 aromatic heterocycles. The van der Waals surface area contributed by atoms with E-state index in [1.807, 2.05) is 0 Å². The van der Waals surface area contributed by atoms with E-state index >= 15 is 0 Å². The molecule has 3 nitrogen and oxygen atoms in total. The Labute approximate surface area is 122 Å². The summed E-state index contributed by atoms with van der Waals surface area (Å²) in [6, 6.07) is 3.77. The van der Waals surface area contributed by atoms with Gasteiger partial charge in [0, 0.05) is 24.2 Å². The fraction of sp³-hybridized carbons (Fsp3) is 0.765. The molecule has 0 radical (unpaired) electrons. The van der Waals surface area contributed by atoms with Crippen LogP contribution in [-0.4, -0.2) is 24.0 Å². The maximum Gasteiger partial charge on any atom is 0.118 e. The van der Waals surface area contributed by atoms with Gasteiger partial charge < -0.3 is 9.73 Å². The molecule has 0 aliphatic heterocycles. The molecule has 0 unspecified atom stereocenters. The number of furan rings is 1. The van der Waals surface area contributed by atoms with Crippen molar-refractivity contribution < 1.29 is 4.42 Å². The average Bonchev–Trinajstić information content (AvgIpc) is 3.22. The number of nitrogens with zero attached hydrogens (tertiary/aromatic N) is 1. The second kappa shape index (κ2) is 6.31. The summed E-state index contributed by atoms with van der Waals surface area (Å²) in [5.74, 6) is 2.22. The first-order chi connectivity index (χ1) is 9.72. The zero-order valence-electron chi connectivity index (χ0n) is 13.0. The van der Waals surface area contributed by atoms with Crippen LogP contribution in [-0.2, 0) is 13.1 Å². The fourth-order valence-corrected chi connectivity index (χ4v) is 3.28. The standard InChI is InChI=1S/C17H28N2O/c1-13-14(11-18-15-8-9-15)10-17(20-13)12-19(2)16-6-4-3-5-7-16/h10,15-16,18H,3-9,11-12H2,1-2H3. The Balaban J connectivity index is 1.54. The monoisotopic (exact) mass is 276 g/mol.